The number of aromatic nitrogens is 4. The summed E-state index contributed by atoms with van der Waals surface area (Å²) in [6.45, 7) is 1.66. The van der Waals surface area contributed by atoms with Crippen LogP contribution in [0.4, 0.5) is 11.6 Å². The molecule has 0 radical (unpaired) electrons. The molecule has 2 aromatic heterocycles. The van der Waals surface area contributed by atoms with Crippen LogP contribution in [0.3, 0.4) is 0 Å². The van der Waals surface area contributed by atoms with Gasteiger partial charge in [0, 0.05) is 36.6 Å². The first kappa shape index (κ1) is 27.8. The molecule has 4 rings (SSSR count). The number of aliphatic hydroxyl groups is 3. The second-order valence-electron chi connectivity index (χ2n) is 9.19. The van der Waals surface area contributed by atoms with Gasteiger partial charge in [-0.15, -0.1) is 0 Å². The van der Waals surface area contributed by atoms with E-state index in [0.29, 0.717) is 19.3 Å². The number of nitrogens with zero attached hydrogens (tertiary/aromatic N) is 4. The fraction of sp³-hybridized carbons (Fsp3) is 0.458. The van der Waals surface area contributed by atoms with Gasteiger partial charge in [-0.25, -0.2) is 9.59 Å². The van der Waals surface area contributed by atoms with E-state index in [2.05, 4.69) is 9.97 Å². The topological polar surface area (TPSA) is 209 Å². The Morgan fingerprint density at radius 3 is 1.81 bits per heavy atom. The minimum Gasteiger partial charge on any atom is -0.465 e. The SMILES string of the molecule is CCCC(=O)OCC1(CO)C/C1=C/n1ccc(N)nc1=O.Nc1ccn(/C=C2/CC2(CO)CO)c(=O)n1. The first-order valence-electron chi connectivity index (χ1n) is 11.7. The van der Waals surface area contributed by atoms with Crippen molar-refractivity contribution < 1.29 is 24.9 Å². The molecule has 2 aliphatic carbocycles. The Kier molecular flexibility index (Phi) is 8.63. The zero-order valence-electron chi connectivity index (χ0n) is 20.5. The minimum atomic E-state index is -0.565. The summed E-state index contributed by atoms with van der Waals surface area (Å²) >= 11 is 0. The summed E-state index contributed by atoms with van der Waals surface area (Å²) in [5, 5.41) is 27.7. The lowest BCUT2D eigenvalue weighted by molar-refractivity contribution is -0.145. The molecular weight excluding hydrogens is 484 g/mol. The molecule has 2 aromatic rings. The zero-order valence-corrected chi connectivity index (χ0v) is 20.5. The van der Waals surface area contributed by atoms with Gasteiger partial charge in [-0.2, -0.15) is 9.97 Å². The van der Waals surface area contributed by atoms with Crippen LogP contribution < -0.4 is 22.8 Å². The molecule has 200 valence electrons. The third-order valence-electron chi connectivity index (χ3n) is 6.33. The van der Waals surface area contributed by atoms with Crippen molar-refractivity contribution in [1.82, 2.24) is 19.1 Å². The van der Waals surface area contributed by atoms with Crippen LogP contribution in [0.2, 0.25) is 0 Å². The first-order chi connectivity index (χ1) is 17.6. The van der Waals surface area contributed by atoms with E-state index in [1.807, 2.05) is 6.92 Å². The lowest BCUT2D eigenvalue weighted by Crippen LogP contribution is -2.21. The standard InChI is InChI=1S/C14H19N3O4.C10H13N3O3/c1-2-3-12(19)21-9-14(8-18)6-10(14)7-17-5-4-11(15)16-13(17)20;11-8-1-2-13(9(16)12-8)4-7-3-10(7,5-14)6-15/h4-5,7,18H,2-3,6,8-9H2,1H3,(H2,15,16,20);1-2,4,14-15H,3,5-6H2,(H2,11,12,16)/b10-7-;7-4-. The second-order valence-corrected chi connectivity index (χ2v) is 9.19. The average molecular weight is 517 g/mol. The van der Waals surface area contributed by atoms with Crippen LogP contribution in [0.5, 0.6) is 0 Å². The molecule has 13 nitrogen and oxygen atoms in total. The number of nitrogen functional groups attached to an aromatic ring is 2. The number of esters is 1. The van der Waals surface area contributed by atoms with E-state index >= 15 is 0 Å². The summed E-state index contributed by atoms with van der Waals surface area (Å²) in [6.07, 6.45) is 8.48. The van der Waals surface area contributed by atoms with E-state index < -0.39 is 22.2 Å². The van der Waals surface area contributed by atoms with Crippen LogP contribution in [0, 0.1) is 10.8 Å². The quantitative estimate of drug-likeness (QED) is 0.267. The molecule has 0 spiro atoms. The Labute approximate surface area is 212 Å². The van der Waals surface area contributed by atoms with Gasteiger partial charge in [0.2, 0.25) is 0 Å². The zero-order chi connectivity index (χ0) is 27.2. The van der Waals surface area contributed by atoms with Crippen molar-refractivity contribution in [3.63, 3.8) is 0 Å². The summed E-state index contributed by atoms with van der Waals surface area (Å²) in [7, 11) is 0. The Morgan fingerprint density at radius 1 is 0.946 bits per heavy atom. The Balaban J connectivity index is 0.000000213. The van der Waals surface area contributed by atoms with Gasteiger partial charge in [-0.05, 0) is 42.5 Å². The smallest absolute Gasteiger partial charge is 0.353 e. The van der Waals surface area contributed by atoms with E-state index in [-0.39, 0.29) is 44.0 Å². The molecule has 0 aliphatic heterocycles. The van der Waals surface area contributed by atoms with E-state index in [1.165, 1.54) is 33.7 Å². The number of carbonyl (C=O) groups excluding carboxylic acids is 1. The molecule has 1 atom stereocenters. The molecule has 1 unspecified atom stereocenters. The van der Waals surface area contributed by atoms with Crippen LogP contribution in [0.15, 0.2) is 45.3 Å². The highest BCUT2D eigenvalue weighted by atomic mass is 16.5. The van der Waals surface area contributed by atoms with Gasteiger partial charge in [-0.1, -0.05) is 6.92 Å². The molecule has 0 amide bonds. The van der Waals surface area contributed by atoms with Crippen molar-refractivity contribution in [2.24, 2.45) is 10.8 Å². The van der Waals surface area contributed by atoms with Crippen LogP contribution in [-0.2, 0) is 9.53 Å². The van der Waals surface area contributed by atoms with Crippen molar-refractivity contribution in [2.45, 2.75) is 32.6 Å². The second kappa shape index (κ2) is 11.5. The highest BCUT2D eigenvalue weighted by Crippen LogP contribution is 2.52. The minimum absolute atomic E-state index is 0.119. The first-order valence-corrected chi connectivity index (χ1v) is 11.7. The fourth-order valence-electron chi connectivity index (χ4n) is 3.60. The number of aliphatic hydroxyl groups excluding tert-OH is 3. The molecule has 2 saturated carbocycles. The molecule has 0 bridgehead atoms. The number of anilines is 2. The molecular formula is C24H32N6O7. The maximum absolute atomic E-state index is 11.6. The number of hydrogen-bond acceptors (Lipinski definition) is 11. The van der Waals surface area contributed by atoms with Gasteiger partial charge in [0.05, 0.1) is 25.2 Å². The summed E-state index contributed by atoms with van der Waals surface area (Å²) in [4.78, 5) is 41.6. The lowest BCUT2D eigenvalue weighted by Gasteiger charge is -2.12. The predicted octanol–water partition coefficient (Wildman–Crippen LogP) is -0.567. The highest BCUT2D eigenvalue weighted by molar-refractivity contribution is 5.69. The maximum atomic E-state index is 11.6. The molecule has 0 saturated heterocycles. The van der Waals surface area contributed by atoms with Gasteiger partial charge in [0.25, 0.3) is 0 Å². The van der Waals surface area contributed by atoms with E-state index in [9.17, 15) is 19.5 Å². The monoisotopic (exact) mass is 516 g/mol. The Bertz CT molecular complexity index is 1310. The van der Waals surface area contributed by atoms with Crippen molar-refractivity contribution in [1.29, 1.82) is 0 Å². The molecule has 2 heterocycles. The maximum Gasteiger partial charge on any atom is 0.353 e. The van der Waals surface area contributed by atoms with Crippen molar-refractivity contribution >= 4 is 30.0 Å². The number of rotatable bonds is 9. The van der Waals surface area contributed by atoms with Crippen molar-refractivity contribution in [3.8, 4) is 0 Å². The fourth-order valence-corrected chi connectivity index (χ4v) is 3.60. The van der Waals surface area contributed by atoms with Crippen molar-refractivity contribution in [3.05, 3.63) is 56.6 Å². The lowest BCUT2D eigenvalue weighted by atomic mass is 10.1. The molecule has 37 heavy (non-hydrogen) atoms. The van der Waals surface area contributed by atoms with Gasteiger partial charge >= 0.3 is 17.3 Å². The average Bonchev–Trinajstić information content (AvgIpc) is 3.76. The van der Waals surface area contributed by atoms with Crippen LogP contribution >= 0.6 is 0 Å². The molecule has 2 aliphatic rings. The predicted molar refractivity (Wildman–Crippen MR) is 136 cm³/mol. The molecule has 0 aromatic carbocycles. The Hall–Kier alpha value is -3.81. The molecule has 13 heteroatoms. The summed E-state index contributed by atoms with van der Waals surface area (Å²) in [5.41, 5.74) is 10.4. The van der Waals surface area contributed by atoms with Crippen molar-refractivity contribution in [2.75, 3.05) is 37.9 Å². The van der Waals surface area contributed by atoms with Crippen LogP contribution in [0.1, 0.15) is 32.6 Å². The Morgan fingerprint density at radius 2 is 1.41 bits per heavy atom. The number of carbonyl (C=O) groups is 1. The van der Waals surface area contributed by atoms with Gasteiger partial charge in [0.1, 0.15) is 18.2 Å². The van der Waals surface area contributed by atoms with Gasteiger partial charge < -0.3 is 31.5 Å². The third-order valence-corrected chi connectivity index (χ3v) is 6.33. The number of hydrogen-bond donors (Lipinski definition) is 5. The molecule has 7 N–H and O–H groups in total. The summed E-state index contributed by atoms with van der Waals surface area (Å²) in [5.74, 6) is 0.0567. The van der Waals surface area contributed by atoms with Gasteiger partial charge in [-0.3, -0.25) is 13.9 Å². The molecule has 2 fully saturated rings. The van der Waals surface area contributed by atoms with Gasteiger partial charge in [0.15, 0.2) is 0 Å². The van der Waals surface area contributed by atoms with E-state index in [4.69, 9.17) is 26.4 Å². The number of nitrogens with two attached hydrogens (primary N) is 2. The normalized spacial score (nSPS) is 21.3. The third kappa shape index (κ3) is 6.70. The van der Waals surface area contributed by atoms with E-state index in [0.717, 1.165) is 17.6 Å². The summed E-state index contributed by atoms with van der Waals surface area (Å²) < 4.78 is 7.75. The number of ether oxygens (including phenoxy) is 1. The van der Waals surface area contributed by atoms with Crippen LogP contribution in [0.25, 0.3) is 12.4 Å². The highest BCUT2D eigenvalue weighted by Gasteiger charge is 2.50. The van der Waals surface area contributed by atoms with E-state index in [1.54, 1.807) is 12.4 Å². The van der Waals surface area contributed by atoms with Crippen LogP contribution in [-0.4, -0.2) is 66.8 Å². The largest absolute Gasteiger partial charge is 0.465 e. The summed E-state index contributed by atoms with van der Waals surface area (Å²) in [6, 6.07) is 3.03.